The summed E-state index contributed by atoms with van der Waals surface area (Å²) in [4.78, 5) is 34.4. The van der Waals surface area contributed by atoms with E-state index < -0.39 is 5.97 Å². The van der Waals surface area contributed by atoms with Crippen LogP contribution in [-0.2, 0) is 16.1 Å². The maximum absolute atomic E-state index is 13.3. The highest BCUT2D eigenvalue weighted by Gasteiger charge is 2.19. The molecule has 160 valence electrons. The molecule has 9 heteroatoms. The molecule has 0 bridgehead atoms. The third kappa shape index (κ3) is 3.15. The second kappa shape index (κ2) is 7.77. The Hall–Kier alpha value is -4.27. The smallest absolute Gasteiger partial charge is 0.335 e. The van der Waals surface area contributed by atoms with Crippen molar-refractivity contribution in [3.63, 3.8) is 0 Å². The second-order valence-corrected chi connectivity index (χ2v) is 7.30. The summed E-state index contributed by atoms with van der Waals surface area (Å²) in [6.45, 7) is 3.75. The molecule has 0 atom stereocenters. The van der Waals surface area contributed by atoms with E-state index in [9.17, 15) is 9.59 Å². The highest BCUT2D eigenvalue weighted by molar-refractivity contribution is 5.83. The largest absolute Gasteiger partial charge is 0.465 e. The van der Waals surface area contributed by atoms with Crippen LogP contribution in [0.3, 0.4) is 0 Å². The van der Waals surface area contributed by atoms with Gasteiger partial charge >= 0.3 is 11.7 Å². The lowest BCUT2D eigenvalue weighted by molar-refractivity contribution is -0.143. The lowest BCUT2D eigenvalue weighted by Crippen LogP contribution is -2.27. The van der Waals surface area contributed by atoms with Gasteiger partial charge in [0.05, 0.1) is 23.8 Å². The van der Waals surface area contributed by atoms with Crippen molar-refractivity contribution >= 4 is 22.6 Å². The van der Waals surface area contributed by atoms with Gasteiger partial charge in [-0.05, 0) is 43.7 Å². The van der Waals surface area contributed by atoms with Crippen LogP contribution in [0.25, 0.3) is 33.6 Å². The molecule has 0 saturated carbocycles. The number of hydrogen-bond donors (Lipinski definition) is 0. The molecule has 0 fully saturated rings. The molecule has 0 unspecified atom stereocenters. The number of para-hydroxylation sites is 1. The van der Waals surface area contributed by atoms with Crippen LogP contribution in [0.2, 0.25) is 0 Å². The summed E-state index contributed by atoms with van der Waals surface area (Å²) >= 11 is 0. The van der Waals surface area contributed by atoms with Crippen molar-refractivity contribution < 1.29 is 9.53 Å². The van der Waals surface area contributed by atoms with E-state index in [1.165, 1.54) is 9.13 Å². The van der Waals surface area contributed by atoms with Crippen molar-refractivity contribution in [3.05, 3.63) is 77.2 Å². The molecule has 0 amide bonds. The Bertz CT molecular complexity index is 1510. The predicted octanol–water partition coefficient (Wildman–Crippen LogP) is 2.77. The van der Waals surface area contributed by atoms with E-state index in [1.807, 2.05) is 43.5 Å². The molecule has 9 nitrogen and oxygen atoms in total. The third-order valence-corrected chi connectivity index (χ3v) is 5.31. The van der Waals surface area contributed by atoms with Crippen molar-refractivity contribution in [2.75, 3.05) is 6.61 Å². The van der Waals surface area contributed by atoms with Gasteiger partial charge in [-0.15, -0.1) is 0 Å². The second-order valence-electron chi connectivity index (χ2n) is 7.30. The first-order valence-electron chi connectivity index (χ1n) is 10.2. The molecule has 0 aliphatic carbocycles. The van der Waals surface area contributed by atoms with Crippen molar-refractivity contribution in [1.82, 2.24) is 28.7 Å². The number of nitrogens with zero attached hydrogens (tertiary/aromatic N) is 6. The molecule has 0 radical (unpaired) electrons. The maximum Gasteiger partial charge on any atom is 0.335 e. The molecule has 0 saturated heterocycles. The lowest BCUT2D eigenvalue weighted by Gasteiger charge is -2.05. The molecular formula is C23H20N6O3. The zero-order valence-electron chi connectivity index (χ0n) is 17.6. The van der Waals surface area contributed by atoms with Crippen molar-refractivity contribution in [3.8, 4) is 16.9 Å². The molecule has 1 aromatic carbocycles. The Labute approximate surface area is 182 Å². The summed E-state index contributed by atoms with van der Waals surface area (Å²) in [6.07, 6.45) is 6.97. The van der Waals surface area contributed by atoms with Gasteiger partial charge in [-0.3, -0.25) is 9.36 Å². The molecule has 4 aromatic heterocycles. The Kier molecular flexibility index (Phi) is 4.78. The number of hydrogen-bond acceptors (Lipinski definition) is 6. The number of esters is 1. The first-order chi connectivity index (χ1) is 15.6. The molecule has 32 heavy (non-hydrogen) atoms. The van der Waals surface area contributed by atoms with Crippen molar-refractivity contribution in [2.24, 2.45) is 0 Å². The summed E-state index contributed by atoms with van der Waals surface area (Å²) in [5.41, 5.74) is 4.32. The van der Waals surface area contributed by atoms with E-state index in [4.69, 9.17) is 4.74 Å². The number of pyridine rings is 1. The summed E-state index contributed by atoms with van der Waals surface area (Å²) < 4.78 is 9.70. The number of imidazole rings is 1. The van der Waals surface area contributed by atoms with Gasteiger partial charge in [-0.2, -0.15) is 5.10 Å². The Balaban J connectivity index is 1.63. The van der Waals surface area contributed by atoms with Gasteiger partial charge in [0.15, 0.2) is 5.65 Å². The first-order valence-corrected chi connectivity index (χ1v) is 10.2. The minimum atomic E-state index is -0.459. The van der Waals surface area contributed by atoms with Crippen molar-refractivity contribution in [2.45, 2.75) is 20.4 Å². The molecule has 5 rings (SSSR count). The summed E-state index contributed by atoms with van der Waals surface area (Å²) in [7, 11) is 0. The normalized spacial score (nSPS) is 11.3. The lowest BCUT2D eigenvalue weighted by atomic mass is 10.1. The van der Waals surface area contributed by atoms with E-state index in [0.717, 1.165) is 22.3 Å². The fourth-order valence-corrected chi connectivity index (χ4v) is 3.88. The average Bonchev–Trinajstić information content (AvgIpc) is 3.35. The first kappa shape index (κ1) is 19.7. The fourth-order valence-electron chi connectivity index (χ4n) is 3.88. The highest BCUT2D eigenvalue weighted by atomic mass is 16.5. The maximum atomic E-state index is 13.3. The van der Waals surface area contributed by atoms with Gasteiger partial charge in [0, 0.05) is 29.7 Å². The Morgan fingerprint density at radius 2 is 1.97 bits per heavy atom. The van der Waals surface area contributed by atoms with Gasteiger partial charge in [0.25, 0.3) is 0 Å². The minimum absolute atomic E-state index is 0.161. The van der Waals surface area contributed by atoms with Crippen molar-refractivity contribution in [1.29, 1.82) is 0 Å². The van der Waals surface area contributed by atoms with Crippen LogP contribution in [0.1, 0.15) is 12.5 Å². The third-order valence-electron chi connectivity index (χ3n) is 5.31. The number of fused-ring (bicyclic) bond motifs is 2. The van der Waals surface area contributed by atoms with Crippen LogP contribution >= 0.6 is 0 Å². The van der Waals surface area contributed by atoms with Gasteiger partial charge in [0.2, 0.25) is 0 Å². The van der Waals surface area contributed by atoms with Crippen LogP contribution in [0.15, 0.2) is 66.0 Å². The SMILES string of the molecule is CCOC(=O)Cn1c(=O)n(-c2ccc(-c3cnn4cccnc34)cn2)c2c(C)cccc21. The molecule has 0 aliphatic heterocycles. The Morgan fingerprint density at radius 1 is 1.09 bits per heavy atom. The summed E-state index contributed by atoms with van der Waals surface area (Å²) in [5.74, 6) is 0.00383. The predicted molar refractivity (Wildman–Crippen MR) is 119 cm³/mol. The monoisotopic (exact) mass is 428 g/mol. The van der Waals surface area contributed by atoms with Gasteiger partial charge in [0.1, 0.15) is 12.4 Å². The van der Waals surface area contributed by atoms with Gasteiger partial charge < -0.3 is 4.74 Å². The molecule has 0 spiro atoms. The zero-order valence-corrected chi connectivity index (χ0v) is 17.6. The average molecular weight is 428 g/mol. The fraction of sp³-hybridized carbons (Fsp3) is 0.174. The van der Waals surface area contributed by atoms with E-state index >= 15 is 0 Å². The summed E-state index contributed by atoms with van der Waals surface area (Å²) in [6, 6.07) is 11.1. The zero-order chi connectivity index (χ0) is 22.2. The number of rotatable bonds is 5. The van der Waals surface area contributed by atoms with E-state index in [2.05, 4.69) is 15.1 Å². The van der Waals surface area contributed by atoms with Crippen LogP contribution in [0.4, 0.5) is 0 Å². The number of aromatic nitrogens is 6. The number of ether oxygens (including phenoxy) is 1. The molecule has 0 N–H and O–H groups in total. The molecule has 5 aromatic rings. The highest BCUT2D eigenvalue weighted by Crippen LogP contribution is 2.25. The number of carbonyl (C=O) groups excluding carboxylic acids is 1. The van der Waals surface area contributed by atoms with Gasteiger partial charge in [-0.1, -0.05) is 12.1 Å². The Morgan fingerprint density at radius 3 is 2.75 bits per heavy atom. The van der Waals surface area contributed by atoms with Crippen LogP contribution in [0, 0.1) is 6.92 Å². The van der Waals surface area contributed by atoms with E-state index in [0.29, 0.717) is 16.9 Å². The quantitative estimate of drug-likeness (QED) is 0.400. The standard InChI is InChI=1S/C23H20N6O3/c1-3-32-20(30)14-27-18-7-4-6-15(2)21(18)29(23(27)31)19-9-8-16(12-25-19)17-13-26-28-11-5-10-24-22(17)28/h4-13H,3,14H2,1-2H3. The number of benzene rings is 1. The van der Waals surface area contributed by atoms with E-state index in [1.54, 1.807) is 36.1 Å². The molecular weight excluding hydrogens is 408 g/mol. The van der Waals surface area contributed by atoms with Crippen LogP contribution < -0.4 is 5.69 Å². The molecule has 0 aliphatic rings. The number of carbonyl (C=O) groups is 1. The minimum Gasteiger partial charge on any atom is -0.465 e. The molecule has 4 heterocycles. The summed E-state index contributed by atoms with van der Waals surface area (Å²) in [5, 5.41) is 4.31. The van der Waals surface area contributed by atoms with Gasteiger partial charge in [-0.25, -0.2) is 23.8 Å². The van der Waals surface area contributed by atoms with Crippen LogP contribution in [0.5, 0.6) is 0 Å². The topological polar surface area (TPSA) is 96.3 Å². The van der Waals surface area contributed by atoms with Crippen LogP contribution in [-0.4, -0.2) is 41.3 Å². The number of aryl methyl sites for hydroxylation is 1. The van der Waals surface area contributed by atoms with E-state index in [-0.39, 0.29) is 18.8 Å².